The van der Waals surface area contributed by atoms with Gasteiger partial charge >= 0.3 is 0 Å². The highest BCUT2D eigenvalue weighted by molar-refractivity contribution is 6.04. The Hall–Kier alpha value is -2.64. The molecule has 1 aliphatic rings. The Morgan fingerprint density at radius 1 is 1.04 bits per heavy atom. The SMILES string of the molecule is O=C(Nc1cnc(N2CCCC2)nc1)c1ccc(F)c(F)c1F. The van der Waals surface area contributed by atoms with Gasteiger partial charge in [-0.2, -0.15) is 0 Å². The molecule has 1 aromatic heterocycles. The average Bonchev–Trinajstić information content (AvgIpc) is 3.08. The Morgan fingerprint density at radius 3 is 2.35 bits per heavy atom. The molecule has 0 radical (unpaired) electrons. The van der Waals surface area contributed by atoms with E-state index in [2.05, 4.69) is 15.3 Å². The summed E-state index contributed by atoms with van der Waals surface area (Å²) in [5.41, 5.74) is -0.352. The van der Waals surface area contributed by atoms with Gasteiger partial charge < -0.3 is 10.2 Å². The molecule has 1 fully saturated rings. The Labute approximate surface area is 130 Å². The molecule has 0 unspecified atom stereocenters. The van der Waals surface area contributed by atoms with Crippen LogP contribution in [0.3, 0.4) is 0 Å². The van der Waals surface area contributed by atoms with E-state index in [0.29, 0.717) is 12.0 Å². The molecule has 1 aromatic carbocycles. The lowest BCUT2D eigenvalue weighted by Gasteiger charge is -2.14. The molecule has 1 aliphatic heterocycles. The molecule has 0 spiro atoms. The Balaban J connectivity index is 1.74. The van der Waals surface area contributed by atoms with Crippen LogP contribution in [0.25, 0.3) is 0 Å². The van der Waals surface area contributed by atoms with Crippen LogP contribution in [-0.2, 0) is 0 Å². The first-order valence-electron chi connectivity index (χ1n) is 7.08. The van der Waals surface area contributed by atoms with Crippen LogP contribution in [0.15, 0.2) is 24.5 Å². The molecule has 1 saturated heterocycles. The van der Waals surface area contributed by atoms with Crippen LogP contribution < -0.4 is 10.2 Å². The highest BCUT2D eigenvalue weighted by Crippen LogP contribution is 2.18. The van der Waals surface area contributed by atoms with E-state index in [1.165, 1.54) is 12.4 Å². The lowest BCUT2D eigenvalue weighted by molar-refractivity contribution is 0.102. The molecule has 2 aromatic rings. The number of nitrogens with zero attached hydrogens (tertiary/aromatic N) is 3. The van der Waals surface area contributed by atoms with Gasteiger partial charge in [-0.1, -0.05) is 0 Å². The zero-order valence-electron chi connectivity index (χ0n) is 12.0. The summed E-state index contributed by atoms with van der Waals surface area (Å²) in [7, 11) is 0. The molecule has 5 nitrogen and oxygen atoms in total. The number of anilines is 2. The first kappa shape index (κ1) is 15.3. The minimum absolute atomic E-state index is 0.238. The highest BCUT2D eigenvalue weighted by atomic mass is 19.2. The molecule has 0 atom stereocenters. The van der Waals surface area contributed by atoms with E-state index in [1.807, 2.05) is 4.90 Å². The Morgan fingerprint density at radius 2 is 1.70 bits per heavy atom. The summed E-state index contributed by atoms with van der Waals surface area (Å²) in [5.74, 6) is -4.91. The van der Waals surface area contributed by atoms with Crippen LogP contribution in [0.4, 0.5) is 24.8 Å². The molecule has 0 aliphatic carbocycles. The number of carbonyl (C=O) groups excluding carboxylic acids is 1. The van der Waals surface area contributed by atoms with Crippen molar-refractivity contribution in [1.29, 1.82) is 0 Å². The number of rotatable bonds is 3. The number of hydrogen-bond acceptors (Lipinski definition) is 4. The largest absolute Gasteiger partial charge is 0.341 e. The summed E-state index contributed by atoms with van der Waals surface area (Å²) < 4.78 is 39.6. The van der Waals surface area contributed by atoms with Crippen LogP contribution in [0.1, 0.15) is 23.2 Å². The smallest absolute Gasteiger partial charge is 0.258 e. The molecule has 1 amide bonds. The summed E-state index contributed by atoms with van der Waals surface area (Å²) >= 11 is 0. The van der Waals surface area contributed by atoms with Crippen molar-refractivity contribution in [2.75, 3.05) is 23.3 Å². The quantitative estimate of drug-likeness (QED) is 0.883. The zero-order valence-corrected chi connectivity index (χ0v) is 12.0. The topological polar surface area (TPSA) is 58.1 Å². The van der Waals surface area contributed by atoms with Crippen LogP contribution in [-0.4, -0.2) is 29.0 Å². The van der Waals surface area contributed by atoms with Crippen molar-refractivity contribution < 1.29 is 18.0 Å². The van der Waals surface area contributed by atoms with E-state index < -0.39 is 28.9 Å². The molecule has 2 heterocycles. The third-order valence-electron chi connectivity index (χ3n) is 3.56. The average molecular weight is 322 g/mol. The van der Waals surface area contributed by atoms with E-state index in [-0.39, 0.29) is 5.69 Å². The molecule has 8 heteroatoms. The number of halogens is 3. The molecule has 0 bridgehead atoms. The Bertz CT molecular complexity index is 730. The zero-order chi connectivity index (χ0) is 16.4. The Kier molecular flexibility index (Phi) is 4.14. The predicted octanol–water partition coefficient (Wildman–Crippen LogP) is 2.75. The second-order valence-corrected chi connectivity index (χ2v) is 5.14. The monoisotopic (exact) mass is 322 g/mol. The first-order valence-corrected chi connectivity index (χ1v) is 7.08. The molecular weight excluding hydrogens is 309 g/mol. The minimum atomic E-state index is -1.68. The summed E-state index contributed by atoms with van der Waals surface area (Å²) in [4.78, 5) is 22.2. The summed E-state index contributed by atoms with van der Waals surface area (Å²) in [6.07, 6.45) is 4.93. The lowest BCUT2D eigenvalue weighted by Crippen LogP contribution is -2.21. The highest BCUT2D eigenvalue weighted by Gasteiger charge is 2.19. The normalized spacial score (nSPS) is 14.1. The van der Waals surface area contributed by atoms with Crippen molar-refractivity contribution in [3.05, 3.63) is 47.5 Å². The van der Waals surface area contributed by atoms with E-state index in [4.69, 9.17) is 0 Å². The fourth-order valence-electron chi connectivity index (χ4n) is 2.37. The van der Waals surface area contributed by atoms with Crippen molar-refractivity contribution in [1.82, 2.24) is 9.97 Å². The van der Waals surface area contributed by atoms with Gasteiger partial charge in [-0.15, -0.1) is 0 Å². The molecule has 0 saturated carbocycles. The van der Waals surface area contributed by atoms with Crippen molar-refractivity contribution >= 4 is 17.5 Å². The number of benzene rings is 1. The molecule has 3 rings (SSSR count). The van der Waals surface area contributed by atoms with Gasteiger partial charge in [0.25, 0.3) is 5.91 Å². The number of amides is 1. The lowest BCUT2D eigenvalue weighted by atomic mass is 10.2. The fraction of sp³-hybridized carbons (Fsp3) is 0.267. The van der Waals surface area contributed by atoms with Gasteiger partial charge in [-0.3, -0.25) is 4.79 Å². The van der Waals surface area contributed by atoms with Gasteiger partial charge in [0, 0.05) is 13.1 Å². The van der Waals surface area contributed by atoms with Gasteiger partial charge in [-0.25, -0.2) is 23.1 Å². The van der Waals surface area contributed by atoms with Gasteiger partial charge in [0.05, 0.1) is 23.6 Å². The van der Waals surface area contributed by atoms with E-state index in [9.17, 15) is 18.0 Å². The summed E-state index contributed by atoms with van der Waals surface area (Å²) in [5, 5.41) is 2.35. The summed E-state index contributed by atoms with van der Waals surface area (Å²) in [6.45, 7) is 1.76. The number of hydrogen-bond donors (Lipinski definition) is 1. The second kappa shape index (κ2) is 6.23. The second-order valence-electron chi connectivity index (χ2n) is 5.14. The van der Waals surface area contributed by atoms with Gasteiger partial charge in [0.2, 0.25) is 5.95 Å². The summed E-state index contributed by atoms with van der Waals surface area (Å²) in [6, 6.07) is 1.57. The van der Waals surface area contributed by atoms with E-state index >= 15 is 0 Å². The number of aromatic nitrogens is 2. The van der Waals surface area contributed by atoms with Crippen LogP contribution in [0, 0.1) is 17.5 Å². The molecule has 120 valence electrons. The standard InChI is InChI=1S/C15H13F3N4O/c16-11-4-3-10(12(17)13(11)18)14(23)21-9-7-19-15(20-8-9)22-5-1-2-6-22/h3-4,7-8H,1-2,5-6H2,(H,21,23). The number of carbonyl (C=O) groups is 1. The van der Waals surface area contributed by atoms with Gasteiger partial charge in [0.15, 0.2) is 17.5 Å². The molecule has 23 heavy (non-hydrogen) atoms. The first-order chi connectivity index (χ1) is 11.1. The fourth-order valence-corrected chi connectivity index (χ4v) is 2.37. The van der Waals surface area contributed by atoms with Crippen molar-refractivity contribution in [3.63, 3.8) is 0 Å². The van der Waals surface area contributed by atoms with Crippen molar-refractivity contribution in [3.8, 4) is 0 Å². The van der Waals surface area contributed by atoms with E-state index in [1.54, 1.807) is 0 Å². The number of nitrogens with one attached hydrogen (secondary N) is 1. The maximum atomic E-state index is 13.6. The third-order valence-corrected chi connectivity index (χ3v) is 3.56. The predicted molar refractivity (Wildman–Crippen MR) is 77.7 cm³/mol. The maximum Gasteiger partial charge on any atom is 0.258 e. The maximum absolute atomic E-state index is 13.6. The molecular formula is C15H13F3N4O. The van der Waals surface area contributed by atoms with Crippen LogP contribution in [0.5, 0.6) is 0 Å². The van der Waals surface area contributed by atoms with Gasteiger partial charge in [0.1, 0.15) is 0 Å². The minimum Gasteiger partial charge on any atom is -0.341 e. The van der Waals surface area contributed by atoms with Gasteiger partial charge in [-0.05, 0) is 25.0 Å². The van der Waals surface area contributed by atoms with E-state index in [0.717, 1.165) is 32.0 Å². The van der Waals surface area contributed by atoms with Crippen molar-refractivity contribution in [2.45, 2.75) is 12.8 Å². The molecule has 1 N–H and O–H groups in total. The van der Waals surface area contributed by atoms with Crippen LogP contribution in [0.2, 0.25) is 0 Å². The van der Waals surface area contributed by atoms with Crippen molar-refractivity contribution in [2.24, 2.45) is 0 Å². The van der Waals surface area contributed by atoms with Crippen LogP contribution >= 0.6 is 0 Å². The third kappa shape index (κ3) is 3.10.